The molecule has 0 unspecified atom stereocenters. The number of rotatable bonds is 6. The number of anilines is 1. The van der Waals surface area contributed by atoms with Gasteiger partial charge in [-0.05, 0) is 55.9 Å². The summed E-state index contributed by atoms with van der Waals surface area (Å²) in [5.41, 5.74) is 8.58. The van der Waals surface area contributed by atoms with Gasteiger partial charge in [0.2, 0.25) is 0 Å². The summed E-state index contributed by atoms with van der Waals surface area (Å²) in [6.07, 6.45) is 5.71. The van der Waals surface area contributed by atoms with Crippen LogP contribution < -0.4 is 15.2 Å². The van der Waals surface area contributed by atoms with Crippen molar-refractivity contribution in [1.29, 1.82) is 0 Å². The standard InChI is InChI=1S/C22H25N3O4S/c1-13-8-9-15(16(10-13)27-2)28-12-19(26)29-11-18-24-21(23)20-14-6-4-3-5-7-17(14)30-22(20)25-18/h8-10H,3-7,11-12H2,1-2H3,(H2,23,24,25). The quantitative estimate of drug-likeness (QED) is 0.469. The van der Waals surface area contributed by atoms with E-state index in [1.165, 1.54) is 29.7 Å². The van der Waals surface area contributed by atoms with Crippen molar-refractivity contribution in [2.24, 2.45) is 0 Å². The number of methoxy groups -OCH3 is 1. The molecule has 0 fully saturated rings. The molecule has 158 valence electrons. The molecule has 0 bridgehead atoms. The first-order valence-electron chi connectivity index (χ1n) is 10.0. The second kappa shape index (κ2) is 8.87. The van der Waals surface area contributed by atoms with Crippen molar-refractivity contribution in [2.75, 3.05) is 19.5 Å². The number of nitrogens with zero attached hydrogens (tertiary/aromatic N) is 2. The lowest BCUT2D eigenvalue weighted by atomic mass is 10.1. The van der Waals surface area contributed by atoms with E-state index >= 15 is 0 Å². The van der Waals surface area contributed by atoms with E-state index in [0.717, 1.165) is 28.6 Å². The van der Waals surface area contributed by atoms with Gasteiger partial charge >= 0.3 is 5.97 Å². The zero-order valence-electron chi connectivity index (χ0n) is 17.2. The highest BCUT2D eigenvalue weighted by molar-refractivity contribution is 7.19. The molecule has 2 N–H and O–H groups in total. The highest BCUT2D eigenvalue weighted by Gasteiger charge is 2.19. The van der Waals surface area contributed by atoms with Gasteiger partial charge in [-0.1, -0.05) is 12.5 Å². The van der Waals surface area contributed by atoms with E-state index in [1.807, 2.05) is 19.1 Å². The molecule has 30 heavy (non-hydrogen) atoms. The maximum atomic E-state index is 12.1. The van der Waals surface area contributed by atoms with Crippen LogP contribution >= 0.6 is 11.3 Å². The summed E-state index contributed by atoms with van der Waals surface area (Å²) in [4.78, 5) is 23.3. The summed E-state index contributed by atoms with van der Waals surface area (Å²) in [5, 5.41) is 0.974. The lowest BCUT2D eigenvalue weighted by Gasteiger charge is -2.11. The van der Waals surface area contributed by atoms with E-state index in [0.29, 0.717) is 23.1 Å². The van der Waals surface area contributed by atoms with Crippen molar-refractivity contribution in [3.8, 4) is 11.5 Å². The van der Waals surface area contributed by atoms with Crippen LogP contribution in [0.3, 0.4) is 0 Å². The average molecular weight is 428 g/mol. The highest BCUT2D eigenvalue weighted by atomic mass is 32.1. The number of hydrogen-bond donors (Lipinski definition) is 1. The smallest absolute Gasteiger partial charge is 0.344 e. The molecule has 0 spiro atoms. The lowest BCUT2D eigenvalue weighted by molar-refractivity contribution is -0.147. The molecular weight excluding hydrogens is 402 g/mol. The van der Waals surface area contributed by atoms with Crippen molar-refractivity contribution >= 4 is 33.3 Å². The number of carbonyl (C=O) groups excluding carboxylic acids is 1. The molecule has 0 amide bonds. The molecule has 1 aliphatic carbocycles. The van der Waals surface area contributed by atoms with Gasteiger partial charge in [-0.25, -0.2) is 14.8 Å². The predicted octanol–water partition coefficient (Wildman–Crippen LogP) is 3.98. The Morgan fingerprint density at radius 2 is 2.00 bits per heavy atom. The lowest BCUT2D eigenvalue weighted by Crippen LogP contribution is -2.16. The largest absolute Gasteiger partial charge is 0.493 e. The monoisotopic (exact) mass is 427 g/mol. The Labute approximate surface area is 179 Å². The summed E-state index contributed by atoms with van der Waals surface area (Å²) in [6, 6.07) is 5.49. The van der Waals surface area contributed by atoms with E-state index in [1.54, 1.807) is 24.5 Å². The molecule has 1 aromatic carbocycles. The fraction of sp³-hybridized carbons (Fsp3) is 0.409. The summed E-state index contributed by atoms with van der Waals surface area (Å²) >= 11 is 1.68. The van der Waals surface area contributed by atoms with Crippen LogP contribution in [0.5, 0.6) is 11.5 Å². The van der Waals surface area contributed by atoms with Crippen LogP contribution in [0, 0.1) is 6.92 Å². The van der Waals surface area contributed by atoms with Crippen LogP contribution in [0.4, 0.5) is 5.82 Å². The van der Waals surface area contributed by atoms with Gasteiger partial charge in [0.15, 0.2) is 30.5 Å². The van der Waals surface area contributed by atoms with E-state index in [2.05, 4.69) is 9.97 Å². The Morgan fingerprint density at radius 3 is 2.83 bits per heavy atom. The van der Waals surface area contributed by atoms with E-state index in [4.69, 9.17) is 19.9 Å². The number of nitrogens with two attached hydrogens (primary N) is 1. The van der Waals surface area contributed by atoms with Crippen molar-refractivity contribution < 1.29 is 19.0 Å². The summed E-state index contributed by atoms with van der Waals surface area (Å²) in [7, 11) is 1.56. The third kappa shape index (κ3) is 4.33. The van der Waals surface area contributed by atoms with Crippen LogP contribution in [0.2, 0.25) is 0 Å². The summed E-state index contributed by atoms with van der Waals surface area (Å²) in [6.45, 7) is 1.68. The fourth-order valence-corrected chi connectivity index (χ4v) is 4.98. The van der Waals surface area contributed by atoms with Gasteiger partial charge in [-0.3, -0.25) is 0 Å². The first kappa shape index (κ1) is 20.4. The third-order valence-electron chi connectivity index (χ3n) is 5.17. The molecule has 3 aromatic rings. The first-order chi connectivity index (χ1) is 14.5. The fourth-order valence-electron chi connectivity index (χ4n) is 3.69. The molecular formula is C22H25N3O4S. The molecule has 0 radical (unpaired) electrons. The van der Waals surface area contributed by atoms with Gasteiger partial charge in [0.25, 0.3) is 0 Å². The number of hydrogen-bond acceptors (Lipinski definition) is 8. The van der Waals surface area contributed by atoms with Crippen molar-refractivity contribution in [2.45, 2.75) is 45.6 Å². The number of carbonyl (C=O) groups is 1. The number of aryl methyl sites for hydroxylation is 3. The zero-order valence-corrected chi connectivity index (χ0v) is 18.0. The molecule has 0 saturated carbocycles. The highest BCUT2D eigenvalue weighted by Crippen LogP contribution is 2.37. The van der Waals surface area contributed by atoms with Crippen LogP contribution in [-0.2, 0) is 29.0 Å². The molecule has 0 aliphatic heterocycles. The molecule has 2 aromatic heterocycles. The Hall–Kier alpha value is -2.87. The molecule has 0 atom stereocenters. The van der Waals surface area contributed by atoms with Gasteiger partial charge in [0.1, 0.15) is 10.6 Å². The van der Waals surface area contributed by atoms with Gasteiger partial charge in [-0.2, -0.15) is 0 Å². The van der Waals surface area contributed by atoms with E-state index in [-0.39, 0.29) is 13.2 Å². The molecule has 1 aliphatic rings. The number of nitrogen functional groups attached to an aromatic ring is 1. The summed E-state index contributed by atoms with van der Waals surface area (Å²) < 4.78 is 16.1. The number of esters is 1. The van der Waals surface area contributed by atoms with Gasteiger partial charge in [0.05, 0.1) is 12.5 Å². The molecule has 0 saturated heterocycles. The number of fused-ring (bicyclic) bond motifs is 3. The van der Waals surface area contributed by atoms with Crippen LogP contribution in [0.25, 0.3) is 10.2 Å². The van der Waals surface area contributed by atoms with Crippen LogP contribution in [0.1, 0.15) is 41.1 Å². The minimum atomic E-state index is -0.512. The van der Waals surface area contributed by atoms with E-state index < -0.39 is 5.97 Å². The second-order valence-corrected chi connectivity index (χ2v) is 8.46. The van der Waals surface area contributed by atoms with Gasteiger partial charge in [0, 0.05) is 4.88 Å². The minimum absolute atomic E-state index is 0.0457. The average Bonchev–Trinajstić information content (AvgIpc) is 2.93. The van der Waals surface area contributed by atoms with Crippen molar-refractivity contribution in [1.82, 2.24) is 9.97 Å². The molecule has 4 rings (SSSR count). The number of thiophene rings is 1. The Morgan fingerprint density at radius 1 is 1.17 bits per heavy atom. The predicted molar refractivity (Wildman–Crippen MR) is 116 cm³/mol. The van der Waals surface area contributed by atoms with Crippen LogP contribution in [-0.4, -0.2) is 29.7 Å². The van der Waals surface area contributed by atoms with Crippen LogP contribution in [0.15, 0.2) is 18.2 Å². The molecule has 7 nitrogen and oxygen atoms in total. The minimum Gasteiger partial charge on any atom is -0.493 e. The number of benzene rings is 1. The Balaban J connectivity index is 1.40. The van der Waals surface area contributed by atoms with Gasteiger partial charge in [-0.15, -0.1) is 11.3 Å². The Kier molecular flexibility index (Phi) is 6.03. The first-order valence-corrected chi connectivity index (χ1v) is 10.9. The molecule has 2 heterocycles. The number of ether oxygens (including phenoxy) is 3. The summed E-state index contributed by atoms with van der Waals surface area (Å²) in [5.74, 6) is 1.41. The van der Waals surface area contributed by atoms with Crippen molar-refractivity contribution in [3.05, 3.63) is 40.0 Å². The zero-order chi connectivity index (χ0) is 21.1. The number of aromatic nitrogens is 2. The topological polar surface area (TPSA) is 96.6 Å². The van der Waals surface area contributed by atoms with Gasteiger partial charge < -0.3 is 19.9 Å². The maximum Gasteiger partial charge on any atom is 0.344 e. The Bertz CT molecular complexity index is 1080. The molecule has 8 heteroatoms. The second-order valence-electron chi connectivity index (χ2n) is 7.37. The normalized spacial score (nSPS) is 13.5. The van der Waals surface area contributed by atoms with Crippen molar-refractivity contribution in [3.63, 3.8) is 0 Å². The maximum absolute atomic E-state index is 12.1. The SMILES string of the molecule is COc1cc(C)ccc1OCC(=O)OCc1nc(N)c2c3c(sc2n1)CCCCC3. The third-order valence-corrected chi connectivity index (χ3v) is 6.35. The van der Waals surface area contributed by atoms with E-state index in [9.17, 15) is 4.79 Å².